The summed E-state index contributed by atoms with van der Waals surface area (Å²) >= 11 is 0. The van der Waals surface area contributed by atoms with Crippen LogP contribution in [0, 0.1) is 36.4 Å². The van der Waals surface area contributed by atoms with Gasteiger partial charge in [0.1, 0.15) is 5.82 Å². The summed E-state index contributed by atoms with van der Waals surface area (Å²) in [6.07, 6.45) is 10.7. The van der Waals surface area contributed by atoms with Crippen LogP contribution in [0.1, 0.15) is 61.5 Å². The van der Waals surface area contributed by atoms with Gasteiger partial charge in [-0.3, -0.25) is 19.5 Å². The summed E-state index contributed by atoms with van der Waals surface area (Å²) in [5.74, 6) is 2.33. The van der Waals surface area contributed by atoms with Gasteiger partial charge in [-0.25, -0.2) is 4.39 Å². The number of hydrogen-bond donors (Lipinski definition) is 0. The monoisotopic (exact) mass is 628 g/mol. The summed E-state index contributed by atoms with van der Waals surface area (Å²) < 4.78 is 16.5. The molecular weight excluding hydrogens is 579 g/mol. The number of benzene rings is 1. The van der Waals surface area contributed by atoms with Crippen LogP contribution in [0.3, 0.4) is 0 Å². The maximum atomic E-state index is 14.5. The van der Waals surface area contributed by atoms with Gasteiger partial charge in [0.15, 0.2) is 0 Å². The first kappa shape index (κ1) is 31.3. The molecular formula is C37H49FN6O2. The molecule has 1 saturated carbocycles. The van der Waals surface area contributed by atoms with E-state index < -0.39 is 5.82 Å². The first-order valence-corrected chi connectivity index (χ1v) is 17.3. The third-order valence-electron chi connectivity index (χ3n) is 11.6. The predicted molar refractivity (Wildman–Crippen MR) is 179 cm³/mol. The van der Waals surface area contributed by atoms with Gasteiger partial charge in [0.05, 0.1) is 23.0 Å². The average molecular weight is 629 g/mol. The molecule has 7 rings (SSSR count). The number of hydrogen-bond acceptors (Lipinski definition) is 5. The van der Waals surface area contributed by atoms with Crippen molar-refractivity contribution in [3.05, 3.63) is 59.3 Å². The minimum Gasteiger partial charge on any atom is -0.342 e. The van der Waals surface area contributed by atoms with Crippen LogP contribution in [0.4, 0.5) is 4.39 Å². The summed E-state index contributed by atoms with van der Waals surface area (Å²) in [4.78, 5) is 38.9. The van der Waals surface area contributed by atoms with Crippen LogP contribution < -0.4 is 0 Å². The lowest BCUT2D eigenvalue weighted by atomic mass is 9.79. The molecule has 0 bridgehead atoms. The van der Waals surface area contributed by atoms with Gasteiger partial charge in [-0.15, -0.1) is 0 Å². The van der Waals surface area contributed by atoms with Crippen LogP contribution in [0.2, 0.25) is 0 Å². The van der Waals surface area contributed by atoms with Crippen molar-refractivity contribution in [2.45, 2.75) is 65.5 Å². The zero-order valence-electron chi connectivity index (χ0n) is 28.1. The lowest BCUT2D eigenvalue weighted by molar-refractivity contribution is -0.128. The SMILES string of the molecule is CC(=O)N1C[C@@H]2CN(C3CC(CN4CC[C@@H](Cc5cn(-c6ccc(F)cc6C(=O)N(C)C(C)C)c6cncc(C)c56)C4)C3)C[C@H]2C1. The van der Waals surface area contributed by atoms with Crippen molar-refractivity contribution in [2.75, 3.05) is 52.9 Å². The zero-order valence-corrected chi connectivity index (χ0v) is 28.1. The lowest BCUT2D eigenvalue weighted by Crippen LogP contribution is -2.47. The number of carbonyl (C=O) groups is 2. The van der Waals surface area contributed by atoms with Gasteiger partial charge < -0.3 is 19.3 Å². The Kier molecular flexibility index (Phi) is 8.42. The fraction of sp³-hybridized carbons (Fsp3) is 0.595. The highest BCUT2D eigenvalue weighted by molar-refractivity contribution is 5.99. The van der Waals surface area contributed by atoms with E-state index in [0.29, 0.717) is 29.0 Å². The third kappa shape index (κ3) is 5.85. The van der Waals surface area contributed by atoms with Gasteiger partial charge in [0, 0.05) is 83.1 Å². The Morgan fingerprint density at radius 2 is 1.78 bits per heavy atom. The highest BCUT2D eigenvalue weighted by Gasteiger charge is 2.45. The van der Waals surface area contributed by atoms with E-state index in [1.165, 1.54) is 62.0 Å². The molecule has 4 fully saturated rings. The summed E-state index contributed by atoms with van der Waals surface area (Å²) in [6.45, 7) is 15.4. The van der Waals surface area contributed by atoms with Crippen molar-refractivity contribution >= 4 is 22.7 Å². The number of fused-ring (bicyclic) bond motifs is 2. The number of amides is 2. The molecule has 2 amide bonds. The van der Waals surface area contributed by atoms with Gasteiger partial charge in [-0.05, 0) is 106 Å². The van der Waals surface area contributed by atoms with Crippen LogP contribution in [0.25, 0.3) is 16.6 Å². The van der Waals surface area contributed by atoms with E-state index in [1.807, 2.05) is 31.1 Å². The maximum Gasteiger partial charge on any atom is 0.256 e. The van der Waals surface area contributed by atoms with E-state index >= 15 is 0 Å². The first-order chi connectivity index (χ1) is 22.0. The molecule has 0 N–H and O–H groups in total. The van der Waals surface area contributed by atoms with Gasteiger partial charge in [0.25, 0.3) is 5.91 Å². The third-order valence-corrected chi connectivity index (χ3v) is 11.6. The number of aryl methyl sites for hydroxylation is 1. The molecule has 3 aliphatic heterocycles. The number of aromatic nitrogens is 2. The minimum absolute atomic E-state index is 0.000591. The van der Waals surface area contributed by atoms with Crippen LogP contribution >= 0.6 is 0 Å². The largest absolute Gasteiger partial charge is 0.342 e. The normalized spacial score (nSPS) is 26.7. The lowest BCUT2D eigenvalue weighted by Gasteiger charge is -2.43. The first-order valence-electron chi connectivity index (χ1n) is 17.3. The molecule has 2 aromatic heterocycles. The summed E-state index contributed by atoms with van der Waals surface area (Å²) in [5.41, 5.74) is 4.40. The van der Waals surface area contributed by atoms with Crippen molar-refractivity contribution in [1.82, 2.24) is 29.2 Å². The summed E-state index contributed by atoms with van der Waals surface area (Å²) in [6, 6.07) is 5.25. The van der Waals surface area contributed by atoms with Crippen LogP contribution in [0.5, 0.6) is 0 Å². The van der Waals surface area contributed by atoms with Crippen molar-refractivity contribution in [3.8, 4) is 5.69 Å². The second-order valence-electron chi connectivity index (χ2n) is 15.1. The molecule has 3 atom stereocenters. The molecule has 4 aliphatic rings. The van der Waals surface area contributed by atoms with Crippen molar-refractivity contribution in [2.24, 2.45) is 23.7 Å². The average Bonchev–Trinajstić information content (AvgIpc) is 3.77. The Labute approximate surface area is 272 Å². The smallest absolute Gasteiger partial charge is 0.256 e. The summed E-state index contributed by atoms with van der Waals surface area (Å²) in [5, 5.41) is 1.19. The number of halogens is 1. The standard InChI is InChI=1S/C37H49FN6O2/c1-23(2)40(5)37(46)33-13-31(38)6-7-34(33)44-22-28(36-24(3)14-39-15-35(36)44)10-26-8-9-41(16-26)17-27-11-32(12-27)43-20-29-18-42(25(4)45)19-30(29)21-43/h6-7,13-15,22-23,26-27,29-30,32H,8-12,16-21H2,1-5H3/t26-,27?,29+,30+,32?/m0/s1. The minimum atomic E-state index is -0.414. The highest BCUT2D eigenvalue weighted by atomic mass is 19.1. The summed E-state index contributed by atoms with van der Waals surface area (Å²) in [7, 11) is 1.77. The van der Waals surface area contributed by atoms with E-state index in [0.717, 1.165) is 55.6 Å². The molecule has 0 radical (unpaired) electrons. The molecule has 3 saturated heterocycles. The predicted octanol–water partition coefficient (Wildman–Crippen LogP) is 5.01. The number of carbonyl (C=O) groups excluding carboxylic acids is 2. The number of likely N-dealkylation sites (tertiary alicyclic amines) is 3. The van der Waals surface area contributed by atoms with E-state index in [4.69, 9.17) is 0 Å². The highest BCUT2D eigenvalue weighted by Crippen LogP contribution is 2.40. The molecule has 1 aliphatic carbocycles. The second kappa shape index (κ2) is 12.4. The molecule has 1 aromatic carbocycles. The van der Waals surface area contributed by atoms with Crippen molar-refractivity contribution in [3.63, 3.8) is 0 Å². The molecule has 0 spiro atoms. The molecule has 0 unspecified atom stereocenters. The van der Waals surface area contributed by atoms with E-state index in [9.17, 15) is 14.0 Å². The Bertz CT molecular complexity index is 1620. The Balaban J connectivity index is 1.00. The fourth-order valence-corrected chi connectivity index (χ4v) is 8.76. The molecule has 3 aromatic rings. The molecule has 246 valence electrons. The van der Waals surface area contributed by atoms with E-state index in [1.54, 1.807) is 24.9 Å². The topological polar surface area (TPSA) is 64.9 Å². The van der Waals surface area contributed by atoms with E-state index in [2.05, 4.69) is 32.5 Å². The number of pyridine rings is 1. The number of nitrogens with zero attached hydrogens (tertiary/aromatic N) is 6. The molecule has 8 nitrogen and oxygen atoms in total. The zero-order chi connectivity index (χ0) is 32.3. The second-order valence-corrected chi connectivity index (χ2v) is 15.1. The maximum absolute atomic E-state index is 14.5. The van der Waals surface area contributed by atoms with Gasteiger partial charge in [-0.2, -0.15) is 0 Å². The quantitative estimate of drug-likeness (QED) is 0.351. The Morgan fingerprint density at radius 1 is 1.04 bits per heavy atom. The van der Waals surface area contributed by atoms with Crippen LogP contribution in [-0.2, 0) is 11.2 Å². The van der Waals surface area contributed by atoms with Gasteiger partial charge in [-0.1, -0.05) is 0 Å². The molecule has 5 heterocycles. The Morgan fingerprint density at radius 3 is 2.48 bits per heavy atom. The van der Waals surface area contributed by atoms with Crippen molar-refractivity contribution in [1.29, 1.82) is 0 Å². The Hall–Kier alpha value is -3.30. The van der Waals surface area contributed by atoms with Crippen LogP contribution in [0.15, 0.2) is 36.8 Å². The van der Waals surface area contributed by atoms with Gasteiger partial charge >= 0.3 is 0 Å². The van der Waals surface area contributed by atoms with E-state index in [-0.39, 0.29) is 17.9 Å². The van der Waals surface area contributed by atoms with Crippen LogP contribution in [-0.4, -0.2) is 106 Å². The van der Waals surface area contributed by atoms with Crippen molar-refractivity contribution < 1.29 is 14.0 Å². The molecule has 46 heavy (non-hydrogen) atoms. The molecule has 9 heteroatoms. The van der Waals surface area contributed by atoms with Gasteiger partial charge in [0.2, 0.25) is 5.91 Å². The number of rotatable bonds is 8. The fourth-order valence-electron chi connectivity index (χ4n) is 8.76.